The summed E-state index contributed by atoms with van der Waals surface area (Å²) in [5, 5.41) is 17.9. The zero-order chi connectivity index (χ0) is 24.6. The third-order valence-corrected chi connectivity index (χ3v) is 5.08. The molecule has 0 aliphatic heterocycles. The summed E-state index contributed by atoms with van der Waals surface area (Å²) in [7, 11) is 3.05. The van der Waals surface area contributed by atoms with E-state index in [0.29, 0.717) is 40.7 Å². The van der Waals surface area contributed by atoms with Crippen molar-refractivity contribution in [3.05, 3.63) is 83.9 Å². The molecule has 0 atom stereocenters. The van der Waals surface area contributed by atoms with Crippen LogP contribution in [0.1, 0.15) is 15.9 Å². The molecule has 10 heteroatoms. The third kappa shape index (κ3) is 6.20. The second-order valence-corrected chi connectivity index (χ2v) is 7.54. The van der Waals surface area contributed by atoms with Crippen molar-refractivity contribution in [2.45, 2.75) is 13.1 Å². The minimum Gasteiger partial charge on any atom is -0.497 e. The van der Waals surface area contributed by atoms with Crippen molar-refractivity contribution in [1.82, 2.24) is 25.5 Å². The number of ether oxygens (including phenoxy) is 2. The Labute approximate surface area is 201 Å². The lowest BCUT2D eigenvalue weighted by molar-refractivity contribution is -0.122. The summed E-state index contributed by atoms with van der Waals surface area (Å²) in [6.07, 6.45) is 0. The van der Waals surface area contributed by atoms with Crippen LogP contribution >= 0.6 is 0 Å². The van der Waals surface area contributed by atoms with Crippen LogP contribution < -0.4 is 20.1 Å². The molecule has 2 amide bonds. The van der Waals surface area contributed by atoms with Crippen LogP contribution in [-0.4, -0.2) is 46.2 Å². The fourth-order valence-electron chi connectivity index (χ4n) is 3.25. The molecule has 10 nitrogen and oxygen atoms in total. The molecule has 178 valence electrons. The second-order valence-electron chi connectivity index (χ2n) is 7.54. The van der Waals surface area contributed by atoms with Crippen LogP contribution in [-0.2, 0) is 17.9 Å². The molecule has 1 aromatic heterocycles. The van der Waals surface area contributed by atoms with Gasteiger partial charge in [0.15, 0.2) is 0 Å². The molecule has 35 heavy (non-hydrogen) atoms. The number of nitrogens with zero attached hydrogens (tertiary/aromatic N) is 4. The molecule has 0 radical (unpaired) electrons. The number of hydrogen-bond acceptors (Lipinski definition) is 7. The highest BCUT2D eigenvalue weighted by molar-refractivity contribution is 6.04. The molecule has 0 aliphatic carbocycles. The van der Waals surface area contributed by atoms with Gasteiger partial charge >= 0.3 is 0 Å². The third-order valence-electron chi connectivity index (χ3n) is 5.08. The predicted octanol–water partition coefficient (Wildman–Crippen LogP) is 2.93. The van der Waals surface area contributed by atoms with Crippen molar-refractivity contribution < 1.29 is 19.1 Å². The van der Waals surface area contributed by atoms with E-state index in [4.69, 9.17) is 9.47 Å². The zero-order valence-corrected chi connectivity index (χ0v) is 19.3. The van der Waals surface area contributed by atoms with Crippen LogP contribution in [0.5, 0.6) is 11.5 Å². The van der Waals surface area contributed by atoms with E-state index in [1.165, 1.54) is 19.0 Å². The van der Waals surface area contributed by atoms with E-state index < -0.39 is 0 Å². The number of anilines is 1. The van der Waals surface area contributed by atoms with E-state index in [9.17, 15) is 9.59 Å². The van der Waals surface area contributed by atoms with Gasteiger partial charge in [0.25, 0.3) is 5.91 Å². The van der Waals surface area contributed by atoms with E-state index in [1.807, 2.05) is 30.3 Å². The highest BCUT2D eigenvalue weighted by Crippen LogP contribution is 2.24. The van der Waals surface area contributed by atoms with Gasteiger partial charge in [-0.15, -0.1) is 10.2 Å². The van der Waals surface area contributed by atoms with Crippen LogP contribution in [0.25, 0.3) is 11.4 Å². The molecule has 0 spiro atoms. The maximum atomic E-state index is 12.7. The van der Waals surface area contributed by atoms with E-state index in [1.54, 1.807) is 42.5 Å². The quantitative estimate of drug-likeness (QED) is 0.384. The Morgan fingerprint density at radius 2 is 1.60 bits per heavy atom. The molecule has 0 aliphatic rings. The minimum atomic E-state index is -0.305. The van der Waals surface area contributed by atoms with Crippen molar-refractivity contribution in [1.29, 1.82) is 0 Å². The summed E-state index contributed by atoms with van der Waals surface area (Å²) in [4.78, 5) is 26.1. The minimum absolute atomic E-state index is 0.0437. The van der Waals surface area contributed by atoms with Gasteiger partial charge in [0.2, 0.25) is 11.7 Å². The predicted molar refractivity (Wildman–Crippen MR) is 129 cm³/mol. The topological polar surface area (TPSA) is 120 Å². The average molecular weight is 473 g/mol. The first kappa shape index (κ1) is 23.4. The number of rotatable bonds is 9. The summed E-state index contributed by atoms with van der Waals surface area (Å²) < 4.78 is 10.4. The summed E-state index contributed by atoms with van der Waals surface area (Å²) in [6.45, 7) is 0.384. The van der Waals surface area contributed by atoms with Crippen LogP contribution in [0.4, 0.5) is 5.69 Å². The van der Waals surface area contributed by atoms with Crippen LogP contribution in [0.15, 0.2) is 72.8 Å². The Hall–Kier alpha value is -4.73. The lowest BCUT2D eigenvalue weighted by atomic mass is 10.1. The summed E-state index contributed by atoms with van der Waals surface area (Å²) in [5.41, 5.74) is 2.70. The largest absolute Gasteiger partial charge is 0.497 e. The van der Waals surface area contributed by atoms with Gasteiger partial charge in [-0.1, -0.05) is 30.3 Å². The normalized spacial score (nSPS) is 10.5. The number of amides is 2. The van der Waals surface area contributed by atoms with Gasteiger partial charge < -0.3 is 20.1 Å². The van der Waals surface area contributed by atoms with Crippen molar-refractivity contribution in [3.63, 3.8) is 0 Å². The molecule has 3 aromatic carbocycles. The molecule has 0 unspecified atom stereocenters. The Balaban J connectivity index is 1.35. The molecule has 1 heterocycles. The number of carbonyl (C=O) groups is 2. The van der Waals surface area contributed by atoms with E-state index in [2.05, 4.69) is 26.0 Å². The van der Waals surface area contributed by atoms with Crippen LogP contribution in [0, 0.1) is 0 Å². The summed E-state index contributed by atoms with van der Waals surface area (Å²) in [6, 6.07) is 21.6. The Morgan fingerprint density at radius 3 is 2.26 bits per heavy atom. The number of tetrazole rings is 1. The molecular formula is C25H24N6O4. The van der Waals surface area contributed by atoms with Crippen molar-refractivity contribution in [2.24, 2.45) is 0 Å². The second kappa shape index (κ2) is 10.9. The maximum Gasteiger partial charge on any atom is 0.255 e. The fraction of sp³-hybridized carbons (Fsp3) is 0.160. The standard InChI is InChI=1S/C25H24N6O4/c1-34-21-12-19(13-22(14-21)35-2)25(33)27-20-10-8-18(9-11-20)24-28-30-31(29-24)16-23(32)26-15-17-6-4-3-5-7-17/h3-14H,15-16H2,1-2H3,(H,26,32)(H,27,33). The number of benzene rings is 3. The first-order valence-corrected chi connectivity index (χ1v) is 10.8. The maximum absolute atomic E-state index is 12.7. The lowest BCUT2D eigenvalue weighted by Crippen LogP contribution is -2.28. The van der Waals surface area contributed by atoms with Gasteiger partial charge in [-0.25, -0.2) is 0 Å². The van der Waals surface area contributed by atoms with Gasteiger partial charge in [0.1, 0.15) is 18.0 Å². The summed E-state index contributed by atoms with van der Waals surface area (Å²) in [5.74, 6) is 0.891. The first-order chi connectivity index (χ1) is 17.0. The van der Waals surface area contributed by atoms with Gasteiger partial charge in [-0.3, -0.25) is 9.59 Å². The number of hydrogen-bond donors (Lipinski definition) is 2. The van der Waals surface area contributed by atoms with Gasteiger partial charge in [-0.2, -0.15) is 4.80 Å². The first-order valence-electron chi connectivity index (χ1n) is 10.8. The highest BCUT2D eigenvalue weighted by atomic mass is 16.5. The van der Waals surface area contributed by atoms with E-state index in [-0.39, 0.29) is 18.4 Å². The highest BCUT2D eigenvalue weighted by Gasteiger charge is 2.12. The number of carbonyl (C=O) groups excluding carboxylic acids is 2. The monoisotopic (exact) mass is 472 g/mol. The fourth-order valence-corrected chi connectivity index (χ4v) is 3.25. The Bertz CT molecular complexity index is 1280. The molecule has 4 aromatic rings. The Kier molecular flexibility index (Phi) is 7.31. The molecular weight excluding hydrogens is 448 g/mol. The molecule has 4 rings (SSSR count). The van der Waals surface area contributed by atoms with Crippen LogP contribution in [0.3, 0.4) is 0 Å². The lowest BCUT2D eigenvalue weighted by Gasteiger charge is -2.09. The molecule has 0 bridgehead atoms. The SMILES string of the molecule is COc1cc(OC)cc(C(=O)Nc2ccc(-c3nnn(CC(=O)NCc4ccccc4)n3)cc2)c1. The van der Waals surface area contributed by atoms with Gasteiger partial charge in [-0.05, 0) is 47.2 Å². The number of nitrogens with one attached hydrogen (secondary N) is 2. The van der Waals surface area contributed by atoms with E-state index in [0.717, 1.165) is 5.56 Å². The zero-order valence-electron chi connectivity index (χ0n) is 19.3. The molecule has 0 saturated carbocycles. The van der Waals surface area contributed by atoms with Crippen molar-refractivity contribution in [3.8, 4) is 22.9 Å². The van der Waals surface area contributed by atoms with Crippen molar-refractivity contribution >= 4 is 17.5 Å². The Morgan fingerprint density at radius 1 is 0.914 bits per heavy atom. The molecule has 0 fully saturated rings. The molecule has 0 saturated heterocycles. The summed E-state index contributed by atoms with van der Waals surface area (Å²) >= 11 is 0. The van der Waals surface area contributed by atoms with Gasteiger partial charge in [0.05, 0.1) is 14.2 Å². The van der Waals surface area contributed by atoms with Crippen molar-refractivity contribution in [2.75, 3.05) is 19.5 Å². The molecule has 2 N–H and O–H groups in total. The average Bonchev–Trinajstić information content (AvgIpc) is 3.36. The smallest absolute Gasteiger partial charge is 0.255 e. The number of methoxy groups -OCH3 is 2. The van der Waals surface area contributed by atoms with Crippen LogP contribution in [0.2, 0.25) is 0 Å². The van der Waals surface area contributed by atoms with E-state index >= 15 is 0 Å². The number of aromatic nitrogens is 4. The van der Waals surface area contributed by atoms with Gasteiger partial charge in [0, 0.05) is 29.4 Å².